The van der Waals surface area contributed by atoms with E-state index in [9.17, 15) is 9.59 Å². The topological polar surface area (TPSA) is 46.2 Å². The van der Waals surface area contributed by atoms with Crippen LogP contribution in [0.25, 0.3) is 0 Å². The van der Waals surface area contributed by atoms with Crippen molar-refractivity contribution in [3.05, 3.63) is 30.7 Å². The Kier molecular flexibility index (Phi) is 4.93. The average Bonchev–Trinajstić information content (AvgIpc) is 2.23. The fourth-order valence-corrected chi connectivity index (χ4v) is 2.34. The van der Waals surface area contributed by atoms with Crippen molar-refractivity contribution in [1.29, 1.82) is 0 Å². The van der Waals surface area contributed by atoms with Crippen molar-refractivity contribution in [2.75, 3.05) is 0 Å². The maximum atomic E-state index is 11.7. The van der Waals surface area contributed by atoms with Crippen LogP contribution in [0.15, 0.2) is 0 Å². The van der Waals surface area contributed by atoms with Crippen LogP contribution in [0.5, 0.6) is 0 Å². The zero-order valence-corrected chi connectivity index (χ0v) is 12.0. The number of rotatable bonds is 1. The molecule has 1 aromatic carbocycles. The van der Waals surface area contributed by atoms with Crippen LogP contribution >= 0.6 is 58.0 Å². The minimum Gasteiger partial charge on any atom is -0.292 e. The van der Waals surface area contributed by atoms with E-state index >= 15 is 0 Å². The van der Waals surface area contributed by atoms with Crippen molar-refractivity contribution in [3.63, 3.8) is 0 Å². The molecule has 0 spiro atoms. The molecule has 92 valence electrons. The summed E-state index contributed by atoms with van der Waals surface area (Å²) in [6.07, 6.45) is 0. The van der Waals surface area contributed by atoms with E-state index in [1.807, 2.05) is 5.32 Å². The second-order valence-electron chi connectivity index (χ2n) is 2.96. The van der Waals surface area contributed by atoms with Gasteiger partial charge in [-0.05, 0) is 0 Å². The second kappa shape index (κ2) is 5.63. The minimum atomic E-state index is -0.798. The van der Waals surface area contributed by atoms with Gasteiger partial charge in [0.15, 0.2) is 0 Å². The number of hydrogen-bond acceptors (Lipinski definition) is 2. The Morgan fingerprint density at radius 3 is 1.53 bits per heavy atom. The van der Waals surface area contributed by atoms with Crippen LogP contribution in [0, 0.1) is 0 Å². The van der Waals surface area contributed by atoms with Gasteiger partial charge < -0.3 is 0 Å². The molecule has 0 aliphatic heterocycles. The number of benzene rings is 1. The molecule has 0 unspecified atom stereocenters. The van der Waals surface area contributed by atoms with Crippen LogP contribution in [0.1, 0.15) is 17.3 Å². The normalized spacial score (nSPS) is 10.2. The molecule has 0 saturated carbocycles. The number of carbonyl (C=O) groups is 2. The van der Waals surface area contributed by atoms with Crippen molar-refractivity contribution in [2.45, 2.75) is 6.92 Å². The molecule has 0 saturated heterocycles. The molecule has 0 fully saturated rings. The smallest absolute Gasteiger partial charge is 0.260 e. The molecule has 3 nitrogen and oxygen atoms in total. The Hall–Kier alpha value is -0.190. The highest BCUT2D eigenvalue weighted by molar-refractivity contribution is 6.56. The average molecular weight is 335 g/mol. The molecular formula is C9H4Cl5NO2. The number of carbonyl (C=O) groups excluding carboxylic acids is 2. The SMILES string of the molecule is CC(=O)NC(=O)c1c(Cl)c(Cl)c(Cl)c(Cl)c1Cl. The van der Waals surface area contributed by atoms with Crippen molar-refractivity contribution in [1.82, 2.24) is 5.32 Å². The number of nitrogens with one attached hydrogen (secondary N) is 1. The highest BCUT2D eigenvalue weighted by atomic mass is 35.5. The Morgan fingerprint density at radius 1 is 0.824 bits per heavy atom. The summed E-state index contributed by atoms with van der Waals surface area (Å²) in [6.45, 7) is 1.17. The number of imide groups is 1. The first-order valence-electron chi connectivity index (χ1n) is 4.10. The summed E-state index contributed by atoms with van der Waals surface area (Å²) in [4.78, 5) is 22.4. The van der Waals surface area contributed by atoms with E-state index in [1.54, 1.807) is 0 Å². The molecule has 1 aromatic rings. The van der Waals surface area contributed by atoms with Crippen LogP contribution < -0.4 is 5.32 Å². The lowest BCUT2D eigenvalue weighted by molar-refractivity contribution is -0.118. The molecule has 8 heteroatoms. The number of halogens is 5. The molecule has 0 aliphatic carbocycles. The van der Waals surface area contributed by atoms with Gasteiger partial charge in [-0.3, -0.25) is 14.9 Å². The summed E-state index contributed by atoms with van der Waals surface area (Å²) in [5.41, 5.74) is -0.192. The van der Waals surface area contributed by atoms with E-state index in [2.05, 4.69) is 0 Å². The van der Waals surface area contributed by atoms with Gasteiger partial charge in [0.2, 0.25) is 5.91 Å². The van der Waals surface area contributed by atoms with Crippen LogP contribution in [-0.4, -0.2) is 11.8 Å². The van der Waals surface area contributed by atoms with Gasteiger partial charge in [0, 0.05) is 6.92 Å². The highest BCUT2D eigenvalue weighted by Crippen LogP contribution is 2.43. The zero-order valence-electron chi connectivity index (χ0n) is 8.21. The number of amides is 2. The van der Waals surface area contributed by atoms with E-state index in [0.29, 0.717) is 0 Å². The lowest BCUT2D eigenvalue weighted by Crippen LogP contribution is -2.28. The van der Waals surface area contributed by atoms with Crippen LogP contribution in [0.4, 0.5) is 0 Å². The lowest BCUT2D eigenvalue weighted by Gasteiger charge is -2.11. The summed E-state index contributed by atoms with van der Waals surface area (Å²) in [5.74, 6) is -1.36. The summed E-state index contributed by atoms with van der Waals surface area (Å²) < 4.78 is 0. The fourth-order valence-electron chi connectivity index (χ4n) is 1.03. The molecular weight excluding hydrogens is 331 g/mol. The molecule has 0 heterocycles. The molecule has 0 aromatic heterocycles. The molecule has 1 rings (SSSR count). The van der Waals surface area contributed by atoms with Gasteiger partial charge in [-0.2, -0.15) is 0 Å². The molecule has 0 bridgehead atoms. The molecule has 2 amide bonds. The first-order valence-corrected chi connectivity index (χ1v) is 5.99. The van der Waals surface area contributed by atoms with Gasteiger partial charge in [-0.15, -0.1) is 0 Å². The predicted molar refractivity (Wildman–Crippen MR) is 69.6 cm³/mol. The van der Waals surface area contributed by atoms with E-state index < -0.39 is 11.8 Å². The molecule has 0 atom stereocenters. The summed E-state index contributed by atoms with van der Waals surface area (Å²) in [7, 11) is 0. The Bertz CT molecular complexity index is 486. The Balaban J connectivity index is 3.44. The fraction of sp³-hybridized carbons (Fsp3) is 0.111. The zero-order chi connectivity index (χ0) is 13.3. The van der Waals surface area contributed by atoms with Crippen LogP contribution in [0.3, 0.4) is 0 Å². The van der Waals surface area contributed by atoms with Crippen molar-refractivity contribution < 1.29 is 9.59 Å². The van der Waals surface area contributed by atoms with E-state index in [-0.39, 0.29) is 30.7 Å². The van der Waals surface area contributed by atoms with Crippen LogP contribution in [-0.2, 0) is 4.79 Å². The maximum absolute atomic E-state index is 11.7. The molecule has 1 N–H and O–H groups in total. The lowest BCUT2D eigenvalue weighted by atomic mass is 10.2. The summed E-state index contributed by atoms with van der Waals surface area (Å²) in [5, 5.41) is 1.43. The molecule has 0 radical (unpaired) electrons. The van der Waals surface area contributed by atoms with Gasteiger partial charge in [0.1, 0.15) is 0 Å². The third-order valence-corrected chi connectivity index (χ3v) is 4.00. The second-order valence-corrected chi connectivity index (χ2v) is 4.85. The third-order valence-electron chi connectivity index (χ3n) is 1.73. The summed E-state index contributed by atoms with van der Waals surface area (Å²) >= 11 is 28.9. The van der Waals surface area contributed by atoms with E-state index in [4.69, 9.17) is 58.0 Å². The van der Waals surface area contributed by atoms with Gasteiger partial charge in [-0.1, -0.05) is 58.0 Å². The quantitative estimate of drug-likeness (QED) is 0.617. The minimum absolute atomic E-state index is 0.0530. The predicted octanol–water partition coefficient (Wildman–Crippen LogP) is 4.23. The highest BCUT2D eigenvalue weighted by Gasteiger charge is 2.24. The maximum Gasteiger partial charge on any atom is 0.260 e. The van der Waals surface area contributed by atoms with Gasteiger partial charge >= 0.3 is 0 Å². The van der Waals surface area contributed by atoms with Gasteiger partial charge in [-0.25, -0.2) is 0 Å². The largest absolute Gasteiger partial charge is 0.292 e. The van der Waals surface area contributed by atoms with E-state index in [1.165, 1.54) is 6.92 Å². The van der Waals surface area contributed by atoms with Crippen molar-refractivity contribution in [3.8, 4) is 0 Å². The van der Waals surface area contributed by atoms with E-state index in [0.717, 1.165) is 0 Å². The Labute approximate surface area is 122 Å². The monoisotopic (exact) mass is 333 g/mol. The van der Waals surface area contributed by atoms with Crippen molar-refractivity contribution >= 4 is 69.8 Å². The third kappa shape index (κ3) is 2.98. The standard InChI is InChI=1S/C9H4Cl5NO2/c1-2(16)15-9(17)3-4(10)6(12)8(14)7(13)5(3)11/h1H3,(H,15,16,17). The molecule has 17 heavy (non-hydrogen) atoms. The van der Waals surface area contributed by atoms with Crippen molar-refractivity contribution in [2.24, 2.45) is 0 Å². The first-order chi connectivity index (χ1) is 7.77. The first kappa shape index (κ1) is 14.9. The van der Waals surface area contributed by atoms with Gasteiger partial charge in [0.05, 0.1) is 30.7 Å². The Morgan fingerprint density at radius 2 is 1.18 bits per heavy atom. The summed E-state index contributed by atoms with van der Waals surface area (Å²) in [6, 6.07) is 0. The van der Waals surface area contributed by atoms with Crippen LogP contribution in [0.2, 0.25) is 25.1 Å². The number of hydrogen-bond donors (Lipinski definition) is 1. The molecule has 0 aliphatic rings. The van der Waals surface area contributed by atoms with Gasteiger partial charge in [0.25, 0.3) is 5.91 Å².